The Labute approximate surface area is 196 Å². The molecule has 7 nitrogen and oxygen atoms in total. The lowest BCUT2D eigenvalue weighted by Gasteiger charge is -2.10. The number of hydrogen-bond acceptors (Lipinski definition) is 5. The summed E-state index contributed by atoms with van der Waals surface area (Å²) in [7, 11) is 1.55. The van der Waals surface area contributed by atoms with Crippen molar-refractivity contribution in [2.24, 2.45) is 0 Å². The van der Waals surface area contributed by atoms with Crippen LogP contribution >= 0.6 is 11.6 Å². The van der Waals surface area contributed by atoms with Crippen molar-refractivity contribution in [1.82, 2.24) is 0 Å². The second-order valence-electron chi connectivity index (χ2n) is 6.73. The first-order chi connectivity index (χ1) is 16.0. The molecule has 0 radical (unpaired) electrons. The van der Waals surface area contributed by atoms with E-state index in [-0.39, 0.29) is 18.1 Å². The van der Waals surface area contributed by atoms with E-state index in [1.54, 1.807) is 79.9 Å². The second-order valence-corrected chi connectivity index (χ2v) is 7.17. The molecule has 3 aromatic carbocycles. The molecule has 0 saturated carbocycles. The Morgan fingerprint density at radius 1 is 0.970 bits per heavy atom. The maximum Gasteiger partial charge on any atom is 0.266 e. The van der Waals surface area contributed by atoms with Gasteiger partial charge in [-0.1, -0.05) is 29.8 Å². The first-order valence-electron chi connectivity index (χ1n) is 9.83. The molecule has 0 aliphatic heterocycles. The maximum absolute atomic E-state index is 12.6. The van der Waals surface area contributed by atoms with E-state index in [9.17, 15) is 14.9 Å². The van der Waals surface area contributed by atoms with Crippen molar-refractivity contribution in [2.45, 2.75) is 0 Å². The first kappa shape index (κ1) is 23.4. The van der Waals surface area contributed by atoms with Crippen molar-refractivity contribution in [3.63, 3.8) is 0 Å². The van der Waals surface area contributed by atoms with E-state index in [4.69, 9.17) is 21.1 Å². The summed E-state index contributed by atoms with van der Waals surface area (Å²) in [6.07, 6.45) is 1.41. The molecule has 2 amide bonds. The molecule has 0 aliphatic rings. The van der Waals surface area contributed by atoms with Gasteiger partial charge in [0.25, 0.3) is 11.8 Å². The molecule has 0 fully saturated rings. The maximum atomic E-state index is 12.6. The van der Waals surface area contributed by atoms with Crippen molar-refractivity contribution < 1.29 is 19.1 Å². The molecule has 33 heavy (non-hydrogen) atoms. The summed E-state index contributed by atoms with van der Waals surface area (Å²) < 4.78 is 10.7. The average molecular weight is 462 g/mol. The van der Waals surface area contributed by atoms with Crippen LogP contribution in [0.25, 0.3) is 6.08 Å². The summed E-state index contributed by atoms with van der Waals surface area (Å²) in [5.74, 6) is 0.0655. The van der Waals surface area contributed by atoms with E-state index in [1.165, 1.54) is 6.08 Å². The fourth-order valence-electron chi connectivity index (χ4n) is 2.78. The summed E-state index contributed by atoms with van der Waals surface area (Å²) in [4.78, 5) is 24.8. The van der Waals surface area contributed by atoms with Crippen LogP contribution in [-0.2, 0) is 9.59 Å². The third-order valence-corrected chi connectivity index (χ3v) is 4.67. The van der Waals surface area contributed by atoms with Crippen LogP contribution in [-0.4, -0.2) is 25.5 Å². The lowest BCUT2D eigenvalue weighted by molar-refractivity contribution is -0.118. The Hall–Kier alpha value is -4.28. The molecule has 166 valence electrons. The molecule has 0 bridgehead atoms. The van der Waals surface area contributed by atoms with Crippen LogP contribution < -0.4 is 20.1 Å². The minimum atomic E-state index is -0.571. The smallest absolute Gasteiger partial charge is 0.266 e. The van der Waals surface area contributed by atoms with Crippen molar-refractivity contribution in [1.29, 1.82) is 5.26 Å². The SMILES string of the molecule is COc1ccc(NC(=O)/C(C#N)=C/c2ccccc2OCC(=O)Nc2ccc(Cl)cc2)cc1. The lowest BCUT2D eigenvalue weighted by Crippen LogP contribution is -2.20. The van der Waals surface area contributed by atoms with E-state index >= 15 is 0 Å². The number of halogens is 1. The number of rotatable bonds is 8. The number of nitrogens with zero attached hydrogens (tertiary/aromatic N) is 1. The zero-order chi connectivity index (χ0) is 23.6. The number of nitrogens with one attached hydrogen (secondary N) is 2. The molecular weight excluding hydrogens is 442 g/mol. The number of methoxy groups -OCH3 is 1. The zero-order valence-corrected chi connectivity index (χ0v) is 18.4. The van der Waals surface area contributed by atoms with E-state index in [0.29, 0.717) is 33.5 Å². The third-order valence-electron chi connectivity index (χ3n) is 4.42. The van der Waals surface area contributed by atoms with Gasteiger partial charge in [0, 0.05) is 22.0 Å². The van der Waals surface area contributed by atoms with Crippen LogP contribution in [0.4, 0.5) is 11.4 Å². The van der Waals surface area contributed by atoms with Gasteiger partial charge in [-0.3, -0.25) is 9.59 Å². The Kier molecular flexibility index (Phi) is 8.06. The molecule has 2 N–H and O–H groups in total. The van der Waals surface area contributed by atoms with Gasteiger partial charge >= 0.3 is 0 Å². The fourth-order valence-corrected chi connectivity index (χ4v) is 2.91. The van der Waals surface area contributed by atoms with Gasteiger partial charge in [0.1, 0.15) is 23.1 Å². The molecule has 3 aromatic rings. The van der Waals surface area contributed by atoms with E-state index in [0.717, 1.165) is 0 Å². The summed E-state index contributed by atoms with van der Waals surface area (Å²) in [6, 6.07) is 22.1. The lowest BCUT2D eigenvalue weighted by atomic mass is 10.1. The van der Waals surface area contributed by atoms with Crippen LogP contribution in [0, 0.1) is 11.3 Å². The summed E-state index contributed by atoms with van der Waals surface area (Å²) in [5, 5.41) is 15.4. The number of nitriles is 1. The highest BCUT2D eigenvalue weighted by molar-refractivity contribution is 6.30. The molecule has 0 aromatic heterocycles. The molecule has 0 atom stereocenters. The molecular formula is C25H20ClN3O4. The normalized spacial score (nSPS) is 10.6. The Bertz CT molecular complexity index is 1200. The van der Waals surface area contributed by atoms with Crippen molar-refractivity contribution >= 4 is 40.9 Å². The van der Waals surface area contributed by atoms with Gasteiger partial charge in [0.2, 0.25) is 0 Å². The molecule has 0 heterocycles. The van der Waals surface area contributed by atoms with E-state index < -0.39 is 5.91 Å². The summed E-state index contributed by atoms with van der Waals surface area (Å²) >= 11 is 5.84. The van der Waals surface area contributed by atoms with Crippen molar-refractivity contribution in [3.8, 4) is 17.6 Å². The minimum Gasteiger partial charge on any atom is -0.497 e. The third kappa shape index (κ3) is 6.86. The highest BCUT2D eigenvalue weighted by atomic mass is 35.5. The summed E-state index contributed by atoms with van der Waals surface area (Å²) in [5.41, 5.74) is 1.47. The predicted octanol–water partition coefficient (Wildman–Crippen LogP) is 4.91. The van der Waals surface area contributed by atoms with Crippen LogP contribution in [0.3, 0.4) is 0 Å². The van der Waals surface area contributed by atoms with Crippen molar-refractivity contribution in [3.05, 3.63) is 89.0 Å². The van der Waals surface area contributed by atoms with Gasteiger partial charge in [0.05, 0.1) is 7.11 Å². The van der Waals surface area contributed by atoms with Gasteiger partial charge < -0.3 is 20.1 Å². The highest BCUT2D eigenvalue weighted by Gasteiger charge is 2.12. The first-order valence-corrected chi connectivity index (χ1v) is 10.2. The molecule has 0 unspecified atom stereocenters. The second kappa shape index (κ2) is 11.4. The standard InChI is InChI=1S/C25H20ClN3O4/c1-32-22-12-10-21(11-13-22)29-25(31)18(15-27)14-17-4-2-3-5-23(17)33-16-24(30)28-20-8-6-19(26)7-9-20/h2-14H,16H2,1H3,(H,28,30)(H,29,31)/b18-14+. The molecule has 3 rings (SSSR count). The van der Waals surface area contributed by atoms with Gasteiger partial charge in [-0.25, -0.2) is 0 Å². The fraction of sp³-hybridized carbons (Fsp3) is 0.0800. The number of benzene rings is 3. The average Bonchev–Trinajstić information content (AvgIpc) is 2.83. The zero-order valence-electron chi connectivity index (χ0n) is 17.7. The van der Waals surface area contributed by atoms with Crippen LogP contribution in [0.15, 0.2) is 78.4 Å². The molecule has 8 heteroatoms. The van der Waals surface area contributed by atoms with Crippen LogP contribution in [0.1, 0.15) is 5.56 Å². The monoisotopic (exact) mass is 461 g/mol. The van der Waals surface area contributed by atoms with Gasteiger partial charge in [-0.2, -0.15) is 5.26 Å². The number of amides is 2. The highest BCUT2D eigenvalue weighted by Crippen LogP contribution is 2.22. The Morgan fingerprint density at radius 3 is 2.27 bits per heavy atom. The van der Waals surface area contributed by atoms with Gasteiger partial charge in [0.15, 0.2) is 6.61 Å². The molecule has 0 spiro atoms. The molecule has 0 aliphatic carbocycles. The van der Waals surface area contributed by atoms with Gasteiger partial charge in [-0.15, -0.1) is 0 Å². The Morgan fingerprint density at radius 2 is 1.61 bits per heavy atom. The van der Waals surface area contributed by atoms with Gasteiger partial charge in [-0.05, 0) is 60.7 Å². The topological polar surface area (TPSA) is 100 Å². The largest absolute Gasteiger partial charge is 0.497 e. The molecule has 0 saturated heterocycles. The Balaban J connectivity index is 1.67. The van der Waals surface area contributed by atoms with E-state index in [1.807, 2.05) is 6.07 Å². The number of anilines is 2. The number of hydrogen-bond donors (Lipinski definition) is 2. The van der Waals surface area contributed by atoms with E-state index in [2.05, 4.69) is 10.6 Å². The number of carbonyl (C=O) groups is 2. The van der Waals surface area contributed by atoms with Crippen LogP contribution in [0.5, 0.6) is 11.5 Å². The van der Waals surface area contributed by atoms with Crippen molar-refractivity contribution in [2.75, 3.05) is 24.4 Å². The summed E-state index contributed by atoms with van der Waals surface area (Å²) in [6.45, 7) is -0.257. The minimum absolute atomic E-state index is 0.118. The predicted molar refractivity (Wildman–Crippen MR) is 127 cm³/mol. The number of para-hydroxylation sites is 1. The number of carbonyl (C=O) groups excluding carboxylic acids is 2. The quantitative estimate of drug-likeness (QED) is 0.366. The number of ether oxygens (including phenoxy) is 2. The van der Waals surface area contributed by atoms with Crippen LogP contribution in [0.2, 0.25) is 5.02 Å².